The minimum absolute atomic E-state index is 0.0440. The Labute approximate surface area is 69.4 Å². The molecule has 0 amide bonds. The standard InChI is InChI=1S/C10H17N/c1-8-4-5-9(2)10(3,6-8)7-11/h8-9H,4-6H2,1-3H3. The Morgan fingerprint density at radius 1 is 1.36 bits per heavy atom. The van der Waals surface area contributed by atoms with Gasteiger partial charge in [0.2, 0.25) is 0 Å². The smallest absolute Gasteiger partial charge is 0.0689 e. The summed E-state index contributed by atoms with van der Waals surface area (Å²) in [7, 11) is 0. The number of nitriles is 1. The molecule has 0 aromatic rings. The molecule has 1 saturated carbocycles. The average Bonchev–Trinajstić information content (AvgIpc) is 1.98. The highest BCUT2D eigenvalue weighted by atomic mass is 14.4. The van der Waals surface area contributed by atoms with Crippen LogP contribution in [-0.2, 0) is 0 Å². The van der Waals surface area contributed by atoms with Gasteiger partial charge in [0.25, 0.3) is 0 Å². The molecule has 3 unspecified atom stereocenters. The van der Waals surface area contributed by atoms with E-state index in [1.165, 1.54) is 12.8 Å². The number of hydrogen-bond acceptors (Lipinski definition) is 1. The molecule has 1 nitrogen and oxygen atoms in total. The Bertz CT molecular complexity index is 180. The van der Waals surface area contributed by atoms with Crippen LogP contribution in [0.4, 0.5) is 0 Å². The molecule has 62 valence electrons. The van der Waals surface area contributed by atoms with E-state index in [0.29, 0.717) is 5.92 Å². The molecule has 1 heteroatoms. The molecule has 0 aliphatic heterocycles. The van der Waals surface area contributed by atoms with E-state index in [9.17, 15) is 0 Å². The van der Waals surface area contributed by atoms with Crippen molar-refractivity contribution in [3.05, 3.63) is 0 Å². The van der Waals surface area contributed by atoms with Crippen molar-refractivity contribution in [1.82, 2.24) is 0 Å². The maximum absolute atomic E-state index is 8.99. The fourth-order valence-corrected chi connectivity index (χ4v) is 2.04. The number of rotatable bonds is 0. The second kappa shape index (κ2) is 2.85. The molecule has 0 radical (unpaired) electrons. The Morgan fingerprint density at radius 3 is 2.45 bits per heavy atom. The first-order chi connectivity index (χ1) is 5.08. The molecule has 1 aliphatic carbocycles. The quantitative estimate of drug-likeness (QED) is 0.522. The van der Waals surface area contributed by atoms with E-state index >= 15 is 0 Å². The molecule has 0 spiro atoms. The predicted octanol–water partition coefficient (Wildman–Crippen LogP) is 2.97. The van der Waals surface area contributed by atoms with E-state index in [0.717, 1.165) is 12.3 Å². The van der Waals surface area contributed by atoms with Gasteiger partial charge in [0, 0.05) is 0 Å². The highest BCUT2D eigenvalue weighted by Crippen LogP contribution is 2.42. The van der Waals surface area contributed by atoms with Gasteiger partial charge in [0.1, 0.15) is 0 Å². The number of hydrogen-bond donors (Lipinski definition) is 0. The fraction of sp³-hybridized carbons (Fsp3) is 0.900. The molecule has 0 N–H and O–H groups in total. The molecule has 0 bridgehead atoms. The third-order valence-electron chi connectivity index (χ3n) is 3.21. The predicted molar refractivity (Wildman–Crippen MR) is 45.9 cm³/mol. The van der Waals surface area contributed by atoms with Gasteiger partial charge in [-0.2, -0.15) is 5.26 Å². The minimum atomic E-state index is -0.0440. The zero-order valence-corrected chi connectivity index (χ0v) is 7.72. The van der Waals surface area contributed by atoms with E-state index in [-0.39, 0.29) is 5.41 Å². The number of nitrogens with zero attached hydrogens (tertiary/aromatic N) is 1. The molecule has 1 aliphatic rings. The molecular formula is C10H17N. The van der Waals surface area contributed by atoms with Gasteiger partial charge in [0.05, 0.1) is 11.5 Å². The van der Waals surface area contributed by atoms with Crippen LogP contribution in [0.25, 0.3) is 0 Å². The molecule has 11 heavy (non-hydrogen) atoms. The first-order valence-corrected chi connectivity index (χ1v) is 4.50. The van der Waals surface area contributed by atoms with Crippen molar-refractivity contribution in [3.8, 4) is 6.07 Å². The lowest BCUT2D eigenvalue weighted by atomic mass is 9.66. The van der Waals surface area contributed by atoms with Gasteiger partial charge < -0.3 is 0 Å². The lowest BCUT2D eigenvalue weighted by Gasteiger charge is -2.36. The summed E-state index contributed by atoms with van der Waals surface area (Å²) >= 11 is 0. The van der Waals surface area contributed by atoms with Crippen molar-refractivity contribution < 1.29 is 0 Å². The Hall–Kier alpha value is -0.510. The van der Waals surface area contributed by atoms with Gasteiger partial charge in [-0.3, -0.25) is 0 Å². The van der Waals surface area contributed by atoms with Gasteiger partial charge in [-0.05, 0) is 31.6 Å². The molecule has 0 saturated heterocycles. The van der Waals surface area contributed by atoms with Crippen molar-refractivity contribution in [2.75, 3.05) is 0 Å². The summed E-state index contributed by atoms with van der Waals surface area (Å²) < 4.78 is 0. The van der Waals surface area contributed by atoms with Crippen molar-refractivity contribution >= 4 is 0 Å². The molecule has 0 heterocycles. The summed E-state index contributed by atoms with van der Waals surface area (Å²) in [5.74, 6) is 1.33. The maximum Gasteiger partial charge on any atom is 0.0689 e. The van der Waals surface area contributed by atoms with Crippen molar-refractivity contribution in [1.29, 1.82) is 5.26 Å². The molecule has 3 atom stereocenters. The van der Waals surface area contributed by atoms with Crippen LogP contribution in [0.5, 0.6) is 0 Å². The molecule has 1 fully saturated rings. The van der Waals surface area contributed by atoms with Crippen LogP contribution in [0.3, 0.4) is 0 Å². The summed E-state index contributed by atoms with van der Waals surface area (Å²) in [5.41, 5.74) is -0.0440. The van der Waals surface area contributed by atoms with Crippen LogP contribution in [0, 0.1) is 28.6 Å². The highest BCUT2D eigenvalue weighted by molar-refractivity contribution is 5.01. The zero-order chi connectivity index (χ0) is 8.48. The molecule has 0 aromatic carbocycles. The Kier molecular flexibility index (Phi) is 2.23. The van der Waals surface area contributed by atoms with E-state index in [1.54, 1.807) is 0 Å². The van der Waals surface area contributed by atoms with Crippen molar-refractivity contribution in [3.63, 3.8) is 0 Å². The zero-order valence-electron chi connectivity index (χ0n) is 7.72. The molecular weight excluding hydrogens is 134 g/mol. The first kappa shape index (κ1) is 8.59. The van der Waals surface area contributed by atoms with Crippen LogP contribution in [0.1, 0.15) is 40.0 Å². The van der Waals surface area contributed by atoms with Crippen LogP contribution in [-0.4, -0.2) is 0 Å². The van der Waals surface area contributed by atoms with Crippen LogP contribution >= 0.6 is 0 Å². The van der Waals surface area contributed by atoms with Crippen LogP contribution < -0.4 is 0 Å². The lowest BCUT2D eigenvalue weighted by molar-refractivity contribution is 0.153. The SMILES string of the molecule is CC1CCC(C)C(C)(C#N)C1. The van der Waals surface area contributed by atoms with Gasteiger partial charge in [-0.15, -0.1) is 0 Å². The summed E-state index contributed by atoms with van der Waals surface area (Å²) in [6.45, 7) is 6.56. The Balaban J connectivity index is 2.70. The third kappa shape index (κ3) is 1.56. The van der Waals surface area contributed by atoms with Crippen molar-refractivity contribution in [2.24, 2.45) is 17.3 Å². The largest absolute Gasteiger partial charge is 0.198 e. The summed E-state index contributed by atoms with van der Waals surface area (Å²) in [5, 5.41) is 8.99. The van der Waals surface area contributed by atoms with E-state index < -0.39 is 0 Å². The van der Waals surface area contributed by atoms with E-state index in [1.807, 2.05) is 0 Å². The first-order valence-electron chi connectivity index (χ1n) is 4.50. The van der Waals surface area contributed by atoms with Gasteiger partial charge in [0.15, 0.2) is 0 Å². The minimum Gasteiger partial charge on any atom is -0.198 e. The lowest BCUT2D eigenvalue weighted by Crippen LogP contribution is -2.30. The van der Waals surface area contributed by atoms with Gasteiger partial charge >= 0.3 is 0 Å². The topological polar surface area (TPSA) is 23.8 Å². The third-order valence-corrected chi connectivity index (χ3v) is 3.21. The maximum atomic E-state index is 8.99. The van der Waals surface area contributed by atoms with Crippen LogP contribution in [0.15, 0.2) is 0 Å². The molecule has 0 aromatic heterocycles. The van der Waals surface area contributed by atoms with E-state index in [4.69, 9.17) is 5.26 Å². The Morgan fingerprint density at radius 2 is 2.00 bits per heavy atom. The van der Waals surface area contributed by atoms with Crippen molar-refractivity contribution in [2.45, 2.75) is 40.0 Å². The second-order valence-electron chi connectivity index (χ2n) is 4.32. The van der Waals surface area contributed by atoms with Crippen LogP contribution in [0.2, 0.25) is 0 Å². The fourth-order valence-electron chi connectivity index (χ4n) is 2.04. The normalized spacial score (nSPS) is 44.9. The second-order valence-corrected chi connectivity index (χ2v) is 4.32. The van der Waals surface area contributed by atoms with E-state index in [2.05, 4.69) is 26.8 Å². The van der Waals surface area contributed by atoms with Gasteiger partial charge in [-0.1, -0.05) is 20.3 Å². The molecule has 1 rings (SSSR count). The summed E-state index contributed by atoms with van der Waals surface area (Å²) in [6.07, 6.45) is 3.62. The average molecular weight is 151 g/mol. The van der Waals surface area contributed by atoms with Gasteiger partial charge in [-0.25, -0.2) is 0 Å². The monoisotopic (exact) mass is 151 g/mol. The summed E-state index contributed by atoms with van der Waals surface area (Å²) in [4.78, 5) is 0. The highest BCUT2D eigenvalue weighted by Gasteiger charge is 2.36. The summed E-state index contributed by atoms with van der Waals surface area (Å²) in [6, 6.07) is 2.46.